The summed E-state index contributed by atoms with van der Waals surface area (Å²) in [5.74, 6) is -1.86. The second-order valence-corrected chi connectivity index (χ2v) is 9.55. The Morgan fingerprint density at radius 2 is 1.91 bits per heavy atom. The van der Waals surface area contributed by atoms with Gasteiger partial charge in [-0.3, -0.25) is 4.79 Å². The van der Waals surface area contributed by atoms with Gasteiger partial charge in [0.25, 0.3) is 0 Å². The lowest BCUT2D eigenvalue weighted by Crippen LogP contribution is -2.56. The molecular weight excluding hydrogens is 441 g/mol. The maximum absolute atomic E-state index is 12.6. The maximum Gasteiger partial charge on any atom is 0.454 e. The molecule has 1 atom stereocenters. The number of nitrogens with two attached hydrogens (primary N) is 1. The zero-order chi connectivity index (χ0) is 24.8. The second-order valence-electron chi connectivity index (χ2n) is 9.55. The van der Waals surface area contributed by atoms with Gasteiger partial charge in [0.15, 0.2) is 0 Å². The summed E-state index contributed by atoms with van der Waals surface area (Å²) in [6, 6.07) is 3.48. The number of carboxylic acid groups (broad SMARTS) is 1. The Kier molecular flexibility index (Phi) is 9.18. The number of nitrogens with zero attached hydrogens (tertiary/aromatic N) is 1. The monoisotopic (exact) mass is 477 g/mol. The average Bonchev–Trinajstić information content (AvgIpc) is 2.76. The van der Waals surface area contributed by atoms with Crippen molar-refractivity contribution in [1.29, 1.82) is 0 Å². The Balaban J connectivity index is 1.50. The Morgan fingerprint density at radius 1 is 1.24 bits per heavy atom. The molecule has 0 unspecified atom stereocenters. The summed E-state index contributed by atoms with van der Waals surface area (Å²) >= 11 is 0. The fourth-order valence-corrected chi connectivity index (χ4v) is 4.67. The van der Waals surface area contributed by atoms with Crippen LogP contribution in [0, 0.1) is 5.92 Å². The Bertz CT molecular complexity index is 855. The molecular formula is C23H36BN3O7. The van der Waals surface area contributed by atoms with Crippen LogP contribution in [0.1, 0.15) is 54.9 Å². The average molecular weight is 477 g/mol. The van der Waals surface area contributed by atoms with E-state index in [0.717, 1.165) is 32.2 Å². The van der Waals surface area contributed by atoms with E-state index < -0.39 is 24.7 Å². The van der Waals surface area contributed by atoms with Gasteiger partial charge in [0.1, 0.15) is 23.2 Å². The second kappa shape index (κ2) is 11.9. The third-order valence-electron chi connectivity index (χ3n) is 6.87. The van der Waals surface area contributed by atoms with Crippen molar-refractivity contribution < 1.29 is 34.6 Å². The number of carbonyl (C=O) groups is 2. The third-order valence-corrected chi connectivity index (χ3v) is 6.87. The van der Waals surface area contributed by atoms with Crippen LogP contribution in [0.25, 0.3) is 0 Å². The highest BCUT2D eigenvalue weighted by Crippen LogP contribution is 2.35. The first-order valence-electron chi connectivity index (χ1n) is 12.0. The molecule has 1 saturated heterocycles. The largest absolute Gasteiger partial charge is 0.507 e. The summed E-state index contributed by atoms with van der Waals surface area (Å²) < 4.78 is 5.80. The molecule has 0 spiro atoms. The normalized spacial score (nSPS) is 21.6. The van der Waals surface area contributed by atoms with Gasteiger partial charge >= 0.3 is 13.1 Å². The number of carbonyl (C=O) groups excluding carboxylic acids is 1. The van der Waals surface area contributed by atoms with Crippen LogP contribution in [0.3, 0.4) is 0 Å². The van der Waals surface area contributed by atoms with Crippen molar-refractivity contribution >= 4 is 19.0 Å². The lowest BCUT2D eigenvalue weighted by atomic mass is 9.71. The summed E-state index contributed by atoms with van der Waals surface area (Å²) in [5, 5.41) is 42.0. The quantitative estimate of drug-likeness (QED) is 0.250. The summed E-state index contributed by atoms with van der Waals surface area (Å²) in [5.41, 5.74) is 5.47. The van der Waals surface area contributed by atoms with E-state index in [1.54, 1.807) is 11.8 Å². The zero-order valence-corrected chi connectivity index (χ0v) is 19.7. The van der Waals surface area contributed by atoms with Crippen LogP contribution >= 0.6 is 0 Å². The van der Waals surface area contributed by atoms with E-state index in [9.17, 15) is 29.9 Å². The Morgan fingerprint density at radius 3 is 2.50 bits per heavy atom. The lowest BCUT2D eigenvalue weighted by molar-refractivity contribution is -0.141. The molecule has 10 nitrogen and oxygen atoms in total. The van der Waals surface area contributed by atoms with E-state index in [-0.39, 0.29) is 29.7 Å². The predicted molar refractivity (Wildman–Crippen MR) is 127 cm³/mol. The summed E-state index contributed by atoms with van der Waals surface area (Å²) in [6.45, 7) is 3.78. The van der Waals surface area contributed by atoms with E-state index >= 15 is 0 Å². The van der Waals surface area contributed by atoms with E-state index in [1.807, 2.05) is 0 Å². The lowest BCUT2D eigenvalue weighted by Gasteiger charge is -2.40. The van der Waals surface area contributed by atoms with Crippen LogP contribution in [0.15, 0.2) is 12.1 Å². The number of nitrogens with one attached hydrogen (secondary N) is 1. The number of benzene rings is 1. The van der Waals surface area contributed by atoms with Crippen molar-refractivity contribution in [1.82, 2.24) is 10.2 Å². The number of amides is 1. The number of aromatic carboxylic acids is 1. The van der Waals surface area contributed by atoms with Crippen LogP contribution in [-0.4, -0.2) is 82.5 Å². The number of aromatic hydroxyl groups is 1. The SMILES string of the molecule is C[C@H](Cc1ccc(OC2CN(C(=O)C[C@H]3CC[C@@H](NCCN)CC3)C2)c(C(=O)O)c1O)B(O)O. The van der Waals surface area contributed by atoms with E-state index in [4.69, 9.17) is 10.5 Å². The molecule has 2 fully saturated rings. The molecule has 11 heteroatoms. The molecule has 0 radical (unpaired) electrons. The molecule has 34 heavy (non-hydrogen) atoms. The number of phenols is 1. The molecule has 1 aromatic carbocycles. The number of rotatable bonds is 11. The van der Waals surface area contributed by atoms with Crippen molar-refractivity contribution in [3.8, 4) is 11.5 Å². The predicted octanol–water partition coefficient (Wildman–Crippen LogP) is 0.583. The molecule has 1 amide bonds. The summed E-state index contributed by atoms with van der Waals surface area (Å²) in [4.78, 5) is 26.1. The molecule has 1 aromatic rings. The van der Waals surface area contributed by atoms with Crippen LogP contribution in [0.5, 0.6) is 11.5 Å². The summed E-state index contributed by atoms with van der Waals surface area (Å²) in [7, 11) is -1.58. The van der Waals surface area contributed by atoms with Gasteiger partial charge < -0.3 is 40.9 Å². The molecule has 0 aromatic heterocycles. The molecule has 1 aliphatic heterocycles. The maximum atomic E-state index is 12.6. The Hall–Kier alpha value is -2.34. The van der Waals surface area contributed by atoms with E-state index in [1.165, 1.54) is 12.1 Å². The fraction of sp³-hybridized carbons (Fsp3) is 0.652. The number of hydrogen-bond acceptors (Lipinski definition) is 8. The van der Waals surface area contributed by atoms with E-state index in [2.05, 4.69) is 5.32 Å². The molecule has 1 saturated carbocycles. The first kappa shape index (κ1) is 26.3. The molecule has 0 bridgehead atoms. The van der Waals surface area contributed by atoms with Crippen molar-refractivity contribution in [3.63, 3.8) is 0 Å². The standard InChI is InChI=1S/C23H36BN3O7/c1-14(24(32)33)10-16-4-7-19(21(22(16)29)23(30)31)34-18-12-27(13-18)20(28)11-15-2-5-17(6-3-15)26-9-8-25/h4,7,14-15,17-18,26,29,32-33H,2-3,5-6,8-13,25H2,1H3,(H,30,31)/t14-,15-,17+/m1/s1. The number of likely N-dealkylation sites (tertiary alicyclic amines) is 1. The third kappa shape index (κ3) is 6.62. The molecule has 1 aliphatic carbocycles. The fourth-order valence-electron chi connectivity index (χ4n) is 4.67. The van der Waals surface area contributed by atoms with Crippen molar-refractivity contribution in [2.75, 3.05) is 26.2 Å². The van der Waals surface area contributed by atoms with Crippen LogP contribution in [0.2, 0.25) is 5.82 Å². The molecule has 188 valence electrons. The minimum absolute atomic E-state index is 0.0337. The van der Waals surface area contributed by atoms with Gasteiger partial charge in [-0.1, -0.05) is 13.0 Å². The van der Waals surface area contributed by atoms with E-state index in [0.29, 0.717) is 43.6 Å². The van der Waals surface area contributed by atoms with Crippen molar-refractivity contribution in [3.05, 3.63) is 23.3 Å². The number of ether oxygens (including phenoxy) is 1. The highest BCUT2D eigenvalue weighted by atomic mass is 16.5. The van der Waals surface area contributed by atoms with Gasteiger partial charge in [0.05, 0.1) is 13.1 Å². The van der Waals surface area contributed by atoms with Crippen molar-refractivity contribution in [2.24, 2.45) is 11.7 Å². The number of hydrogen-bond donors (Lipinski definition) is 6. The van der Waals surface area contributed by atoms with Gasteiger partial charge in [-0.25, -0.2) is 4.79 Å². The first-order valence-corrected chi connectivity index (χ1v) is 12.0. The minimum atomic E-state index is -1.58. The molecule has 7 N–H and O–H groups in total. The number of carboxylic acids is 1. The highest BCUT2D eigenvalue weighted by molar-refractivity contribution is 6.43. The smallest absolute Gasteiger partial charge is 0.454 e. The van der Waals surface area contributed by atoms with Gasteiger partial charge in [-0.15, -0.1) is 0 Å². The van der Waals surface area contributed by atoms with Gasteiger partial charge in [0, 0.05) is 25.6 Å². The van der Waals surface area contributed by atoms with Crippen LogP contribution in [-0.2, 0) is 11.2 Å². The summed E-state index contributed by atoms with van der Waals surface area (Å²) in [6.07, 6.45) is 4.40. The zero-order valence-electron chi connectivity index (χ0n) is 19.7. The molecule has 1 heterocycles. The van der Waals surface area contributed by atoms with Gasteiger partial charge in [0.2, 0.25) is 5.91 Å². The first-order chi connectivity index (χ1) is 16.2. The van der Waals surface area contributed by atoms with Crippen LogP contribution < -0.4 is 15.8 Å². The molecule has 2 aliphatic rings. The van der Waals surface area contributed by atoms with Gasteiger partial charge in [-0.05, 0) is 55.5 Å². The minimum Gasteiger partial charge on any atom is -0.507 e. The van der Waals surface area contributed by atoms with Crippen molar-refractivity contribution in [2.45, 2.75) is 63.4 Å². The molecule has 3 rings (SSSR count). The highest BCUT2D eigenvalue weighted by Gasteiger charge is 2.35. The van der Waals surface area contributed by atoms with Gasteiger partial charge in [-0.2, -0.15) is 0 Å². The topological polar surface area (TPSA) is 166 Å². The van der Waals surface area contributed by atoms with Crippen LogP contribution in [0.4, 0.5) is 0 Å². The Labute approximate surface area is 200 Å².